The summed E-state index contributed by atoms with van der Waals surface area (Å²) >= 11 is 1.15. The van der Waals surface area contributed by atoms with Gasteiger partial charge in [-0.05, 0) is 44.4 Å². The zero-order chi connectivity index (χ0) is 21.0. The number of carbonyl (C=O) groups excluding carboxylic acids is 1. The van der Waals surface area contributed by atoms with Gasteiger partial charge in [0.1, 0.15) is 5.82 Å². The van der Waals surface area contributed by atoms with Crippen LogP contribution in [0.2, 0.25) is 0 Å². The highest BCUT2D eigenvalue weighted by Crippen LogP contribution is 2.33. The number of nitrogens with zero attached hydrogens (tertiary/aromatic N) is 3. The van der Waals surface area contributed by atoms with E-state index < -0.39 is 11.9 Å². The number of hydrogen-bond acceptors (Lipinski definition) is 5. The van der Waals surface area contributed by atoms with Gasteiger partial charge in [0.15, 0.2) is 10.9 Å². The van der Waals surface area contributed by atoms with Gasteiger partial charge >= 0.3 is 6.18 Å². The van der Waals surface area contributed by atoms with Gasteiger partial charge in [0, 0.05) is 36.5 Å². The summed E-state index contributed by atoms with van der Waals surface area (Å²) in [6, 6.07) is 8.05. The Morgan fingerprint density at radius 1 is 1.17 bits per heavy atom. The number of hydrogen-bond donors (Lipinski definition) is 1. The molecule has 2 aromatic rings. The van der Waals surface area contributed by atoms with Crippen molar-refractivity contribution in [2.75, 3.05) is 18.0 Å². The van der Waals surface area contributed by atoms with Crippen molar-refractivity contribution in [1.82, 2.24) is 15.3 Å². The Kier molecular flexibility index (Phi) is 6.66. The van der Waals surface area contributed by atoms with Gasteiger partial charge in [-0.2, -0.15) is 13.2 Å². The number of carbonyl (C=O) groups is 1. The summed E-state index contributed by atoms with van der Waals surface area (Å²) in [7, 11) is 0. The fourth-order valence-corrected chi connectivity index (χ4v) is 3.79. The van der Waals surface area contributed by atoms with Crippen LogP contribution in [-0.4, -0.2) is 35.0 Å². The Hall–Kier alpha value is -2.29. The summed E-state index contributed by atoms with van der Waals surface area (Å²) in [5, 5.41) is 2.91. The molecule has 29 heavy (non-hydrogen) atoms. The van der Waals surface area contributed by atoms with Crippen LogP contribution >= 0.6 is 11.8 Å². The monoisotopic (exact) mass is 424 g/mol. The smallest absolute Gasteiger partial charge is 0.356 e. The average molecular weight is 424 g/mol. The second-order valence-corrected chi connectivity index (χ2v) is 8.14. The van der Waals surface area contributed by atoms with Crippen molar-refractivity contribution in [2.24, 2.45) is 0 Å². The number of benzene rings is 1. The second kappa shape index (κ2) is 9.02. The van der Waals surface area contributed by atoms with Crippen LogP contribution in [0.25, 0.3) is 0 Å². The van der Waals surface area contributed by atoms with E-state index in [1.165, 1.54) is 0 Å². The van der Waals surface area contributed by atoms with Gasteiger partial charge < -0.3 is 10.2 Å². The number of alkyl halides is 3. The predicted octanol–water partition coefficient (Wildman–Crippen LogP) is 4.53. The quantitative estimate of drug-likeness (QED) is 0.546. The number of nitrogens with one attached hydrogen (secondary N) is 1. The summed E-state index contributed by atoms with van der Waals surface area (Å²) in [4.78, 5) is 21.9. The Balaban J connectivity index is 1.72. The Labute approximate surface area is 172 Å². The summed E-state index contributed by atoms with van der Waals surface area (Å²) in [6.07, 6.45) is -2.62. The Bertz CT molecular complexity index is 850. The lowest BCUT2D eigenvalue weighted by Gasteiger charge is -2.18. The van der Waals surface area contributed by atoms with Crippen LogP contribution in [0.5, 0.6) is 0 Å². The molecule has 1 aromatic heterocycles. The maximum Gasteiger partial charge on any atom is 0.433 e. The molecule has 1 N–H and O–H groups in total. The molecular weight excluding hydrogens is 401 g/mol. The van der Waals surface area contributed by atoms with Gasteiger partial charge in [0.05, 0.1) is 0 Å². The zero-order valence-electron chi connectivity index (χ0n) is 16.3. The number of anilines is 1. The maximum atomic E-state index is 13.3. The summed E-state index contributed by atoms with van der Waals surface area (Å²) < 4.78 is 39.8. The first-order valence-electron chi connectivity index (χ1n) is 9.46. The van der Waals surface area contributed by atoms with E-state index in [2.05, 4.69) is 15.3 Å². The summed E-state index contributed by atoms with van der Waals surface area (Å²) in [6.45, 7) is 5.18. The van der Waals surface area contributed by atoms with E-state index in [-0.39, 0.29) is 17.1 Å². The standard InChI is InChI=1S/C20H23F3N4OS/c1-13(2)24-18(28)15-7-5-14(6-8-15)12-29-19-25-16(20(21,22)23)11-17(26-19)27-9-3-4-10-27/h5-8,11,13H,3-4,9-10,12H2,1-2H3,(H,24,28). The number of rotatable bonds is 6. The Morgan fingerprint density at radius 3 is 2.41 bits per heavy atom. The first kappa shape index (κ1) is 21.4. The van der Waals surface area contributed by atoms with Gasteiger partial charge in [-0.1, -0.05) is 23.9 Å². The lowest BCUT2D eigenvalue weighted by molar-refractivity contribution is -0.141. The van der Waals surface area contributed by atoms with Crippen molar-refractivity contribution >= 4 is 23.5 Å². The highest BCUT2D eigenvalue weighted by molar-refractivity contribution is 7.98. The molecule has 3 rings (SSSR count). The first-order chi connectivity index (χ1) is 13.7. The van der Waals surface area contributed by atoms with E-state index in [4.69, 9.17) is 0 Å². The highest BCUT2D eigenvalue weighted by Gasteiger charge is 2.34. The van der Waals surface area contributed by atoms with Gasteiger partial charge in [0.2, 0.25) is 0 Å². The zero-order valence-corrected chi connectivity index (χ0v) is 17.1. The number of amides is 1. The molecule has 1 aromatic carbocycles. The number of thioether (sulfide) groups is 1. The molecule has 2 heterocycles. The van der Waals surface area contributed by atoms with E-state index >= 15 is 0 Å². The van der Waals surface area contributed by atoms with Gasteiger partial charge in [-0.25, -0.2) is 9.97 Å². The van der Waals surface area contributed by atoms with Crippen LogP contribution in [0.3, 0.4) is 0 Å². The SMILES string of the molecule is CC(C)NC(=O)c1ccc(CSc2nc(N3CCCC3)cc(C(F)(F)F)n2)cc1. The normalized spacial score (nSPS) is 14.5. The largest absolute Gasteiger partial charge is 0.433 e. The van der Waals surface area contributed by atoms with Crippen LogP contribution in [-0.2, 0) is 11.9 Å². The van der Waals surface area contributed by atoms with Gasteiger partial charge in [-0.15, -0.1) is 0 Å². The molecule has 1 aliphatic rings. The van der Waals surface area contributed by atoms with E-state index in [0.29, 0.717) is 30.2 Å². The van der Waals surface area contributed by atoms with Crippen LogP contribution < -0.4 is 10.2 Å². The van der Waals surface area contributed by atoms with Crippen molar-refractivity contribution in [2.45, 2.75) is 49.8 Å². The van der Waals surface area contributed by atoms with Crippen molar-refractivity contribution in [1.29, 1.82) is 0 Å². The molecule has 0 atom stereocenters. The van der Waals surface area contributed by atoms with Crippen molar-refractivity contribution in [3.63, 3.8) is 0 Å². The molecule has 156 valence electrons. The molecule has 1 saturated heterocycles. The van der Waals surface area contributed by atoms with E-state index in [1.54, 1.807) is 24.3 Å². The highest BCUT2D eigenvalue weighted by atomic mass is 32.2. The number of aromatic nitrogens is 2. The van der Waals surface area contributed by atoms with Crippen molar-refractivity contribution in [3.8, 4) is 0 Å². The van der Waals surface area contributed by atoms with E-state index in [0.717, 1.165) is 36.2 Å². The fraction of sp³-hybridized carbons (Fsp3) is 0.450. The van der Waals surface area contributed by atoms with Crippen molar-refractivity contribution in [3.05, 3.63) is 47.2 Å². The third kappa shape index (κ3) is 5.85. The maximum absolute atomic E-state index is 13.3. The third-order valence-electron chi connectivity index (χ3n) is 4.42. The molecule has 0 aliphatic carbocycles. The second-order valence-electron chi connectivity index (χ2n) is 7.20. The third-order valence-corrected chi connectivity index (χ3v) is 5.33. The van der Waals surface area contributed by atoms with E-state index in [1.807, 2.05) is 18.7 Å². The minimum Gasteiger partial charge on any atom is -0.356 e. The molecule has 1 aliphatic heterocycles. The van der Waals surface area contributed by atoms with Crippen LogP contribution in [0.1, 0.15) is 48.3 Å². The van der Waals surface area contributed by atoms with Gasteiger partial charge in [0.25, 0.3) is 5.91 Å². The molecular formula is C20H23F3N4OS. The number of halogens is 3. The van der Waals surface area contributed by atoms with Gasteiger partial charge in [-0.3, -0.25) is 4.79 Å². The summed E-state index contributed by atoms with van der Waals surface area (Å²) in [5.41, 5.74) is 0.497. The predicted molar refractivity (Wildman–Crippen MR) is 107 cm³/mol. The fourth-order valence-electron chi connectivity index (χ4n) is 2.98. The van der Waals surface area contributed by atoms with E-state index in [9.17, 15) is 18.0 Å². The molecule has 0 saturated carbocycles. The molecule has 0 unspecified atom stereocenters. The lowest BCUT2D eigenvalue weighted by atomic mass is 10.1. The van der Waals surface area contributed by atoms with Crippen molar-refractivity contribution < 1.29 is 18.0 Å². The molecule has 5 nitrogen and oxygen atoms in total. The summed E-state index contributed by atoms with van der Waals surface area (Å²) in [5.74, 6) is 0.580. The molecule has 0 radical (unpaired) electrons. The molecule has 1 fully saturated rings. The Morgan fingerprint density at radius 2 is 1.83 bits per heavy atom. The average Bonchev–Trinajstić information content (AvgIpc) is 3.20. The molecule has 0 spiro atoms. The minimum absolute atomic E-state index is 0.0422. The molecule has 0 bridgehead atoms. The van der Waals surface area contributed by atoms with Crippen LogP contribution in [0.4, 0.5) is 19.0 Å². The van der Waals surface area contributed by atoms with Crippen LogP contribution in [0.15, 0.2) is 35.5 Å². The minimum atomic E-state index is -4.52. The first-order valence-corrected chi connectivity index (χ1v) is 10.4. The topological polar surface area (TPSA) is 58.1 Å². The lowest BCUT2D eigenvalue weighted by Crippen LogP contribution is -2.29. The molecule has 1 amide bonds. The van der Waals surface area contributed by atoms with Crippen LogP contribution in [0, 0.1) is 0 Å². The molecule has 9 heteroatoms.